The van der Waals surface area contributed by atoms with E-state index in [1.807, 2.05) is 17.0 Å². The monoisotopic (exact) mass is 289 g/mol. The first-order valence-electron chi connectivity index (χ1n) is 7.82. The molecule has 1 atom stereocenters. The largest absolute Gasteiger partial charge is 0.348 e. The van der Waals surface area contributed by atoms with Gasteiger partial charge in [0.25, 0.3) is 0 Å². The summed E-state index contributed by atoms with van der Waals surface area (Å²) in [6.07, 6.45) is 3.42. The first-order valence-corrected chi connectivity index (χ1v) is 7.82. The van der Waals surface area contributed by atoms with Crippen LogP contribution >= 0.6 is 0 Å². The van der Waals surface area contributed by atoms with Gasteiger partial charge in [0, 0.05) is 6.54 Å². The van der Waals surface area contributed by atoms with Crippen LogP contribution < -0.4 is 0 Å². The zero-order valence-electron chi connectivity index (χ0n) is 12.6. The summed E-state index contributed by atoms with van der Waals surface area (Å²) in [5, 5.41) is 0. The molecule has 2 fully saturated rings. The van der Waals surface area contributed by atoms with E-state index in [4.69, 9.17) is 9.47 Å². The van der Waals surface area contributed by atoms with Gasteiger partial charge in [0.05, 0.1) is 25.7 Å². The van der Waals surface area contributed by atoms with Crippen LogP contribution in [-0.4, -0.2) is 42.9 Å². The van der Waals surface area contributed by atoms with E-state index in [9.17, 15) is 4.79 Å². The molecule has 0 radical (unpaired) electrons. The molecule has 21 heavy (non-hydrogen) atoms. The molecule has 4 nitrogen and oxygen atoms in total. The quantitative estimate of drug-likeness (QED) is 0.857. The summed E-state index contributed by atoms with van der Waals surface area (Å²) in [4.78, 5) is 14.6. The van der Waals surface area contributed by atoms with Gasteiger partial charge in [-0.2, -0.15) is 0 Å². The van der Waals surface area contributed by atoms with Gasteiger partial charge in [0.1, 0.15) is 0 Å². The Hall–Kier alpha value is -1.39. The summed E-state index contributed by atoms with van der Waals surface area (Å²) < 4.78 is 11.2. The maximum Gasteiger partial charge on any atom is 0.227 e. The Kier molecular flexibility index (Phi) is 4.56. The van der Waals surface area contributed by atoms with Crippen LogP contribution in [0.3, 0.4) is 0 Å². The lowest BCUT2D eigenvalue weighted by atomic mass is 10.00. The van der Waals surface area contributed by atoms with Crippen LogP contribution in [0.25, 0.3) is 0 Å². The molecule has 1 amide bonds. The van der Waals surface area contributed by atoms with E-state index in [2.05, 4.69) is 19.1 Å². The van der Waals surface area contributed by atoms with Crippen molar-refractivity contribution in [1.82, 2.24) is 4.90 Å². The number of carbonyl (C=O) groups excluding carboxylic acids is 1. The van der Waals surface area contributed by atoms with Gasteiger partial charge < -0.3 is 14.4 Å². The number of benzene rings is 1. The van der Waals surface area contributed by atoms with Crippen LogP contribution in [-0.2, 0) is 20.7 Å². The van der Waals surface area contributed by atoms with Gasteiger partial charge in [0.15, 0.2) is 6.29 Å². The molecule has 0 spiro atoms. The summed E-state index contributed by atoms with van der Waals surface area (Å²) in [6, 6.07) is 8.27. The van der Waals surface area contributed by atoms with Crippen molar-refractivity contribution in [2.24, 2.45) is 0 Å². The molecule has 2 saturated heterocycles. The lowest BCUT2D eigenvalue weighted by Crippen LogP contribution is -2.50. The van der Waals surface area contributed by atoms with Crippen LogP contribution in [0.4, 0.5) is 0 Å². The van der Waals surface area contributed by atoms with Crippen LogP contribution in [0.5, 0.6) is 0 Å². The highest BCUT2D eigenvalue weighted by Gasteiger charge is 2.35. The van der Waals surface area contributed by atoms with Gasteiger partial charge in [0.2, 0.25) is 5.91 Å². The summed E-state index contributed by atoms with van der Waals surface area (Å²) in [5.41, 5.74) is 2.29. The topological polar surface area (TPSA) is 38.8 Å². The van der Waals surface area contributed by atoms with Gasteiger partial charge in [-0.3, -0.25) is 4.79 Å². The molecule has 3 rings (SSSR count). The smallest absolute Gasteiger partial charge is 0.227 e. The zero-order chi connectivity index (χ0) is 14.7. The third kappa shape index (κ3) is 3.44. The van der Waals surface area contributed by atoms with E-state index in [0.717, 1.165) is 31.4 Å². The number of aryl methyl sites for hydroxylation is 1. The SMILES string of the molecule is Cc1ccc(CC(=O)N2CCCC[C@H]2C2OCCO2)cc1. The van der Waals surface area contributed by atoms with Crippen LogP contribution in [0.2, 0.25) is 0 Å². The Morgan fingerprint density at radius 2 is 1.90 bits per heavy atom. The molecule has 0 unspecified atom stereocenters. The summed E-state index contributed by atoms with van der Waals surface area (Å²) in [5.74, 6) is 0.183. The molecule has 2 aliphatic rings. The minimum absolute atomic E-state index is 0.0826. The zero-order valence-corrected chi connectivity index (χ0v) is 12.6. The van der Waals surface area contributed by atoms with Crippen molar-refractivity contribution < 1.29 is 14.3 Å². The molecule has 2 heterocycles. The second kappa shape index (κ2) is 6.58. The minimum atomic E-state index is -0.229. The molecule has 1 aromatic carbocycles. The Morgan fingerprint density at radius 1 is 1.19 bits per heavy atom. The van der Waals surface area contributed by atoms with Gasteiger partial charge in [-0.1, -0.05) is 29.8 Å². The Morgan fingerprint density at radius 3 is 2.62 bits per heavy atom. The normalized spacial score (nSPS) is 23.5. The summed E-state index contributed by atoms with van der Waals surface area (Å²) >= 11 is 0. The number of ether oxygens (including phenoxy) is 2. The van der Waals surface area contributed by atoms with Gasteiger partial charge in [-0.05, 0) is 31.7 Å². The Bertz CT molecular complexity index is 479. The third-order valence-electron chi connectivity index (χ3n) is 4.31. The van der Waals surface area contributed by atoms with E-state index < -0.39 is 0 Å². The molecule has 2 aliphatic heterocycles. The molecule has 0 aliphatic carbocycles. The maximum absolute atomic E-state index is 12.6. The van der Waals surface area contributed by atoms with Crippen LogP contribution in [0.15, 0.2) is 24.3 Å². The van der Waals surface area contributed by atoms with E-state index in [1.165, 1.54) is 5.56 Å². The fourth-order valence-electron chi connectivity index (χ4n) is 3.13. The second-order valence-electron chi connectivity index (χ2n) is 5.92. The predicted octanol–water partition coefficient (Wildman–Crippen LogP) is 2.29. The van der Waals surface area contributed by atoms with E-state index in [0.29, 0.717) is 19.6 Å². The highest BCUT2D eigenvalue weighted by atomic mass is 16.7. The molecule has 4 heteroatoms. The third-order valence-corrected chi connectivity index (χ3v) is 4.31. The molecule has 0 bridgehead atoms. The lowest BCUT2D eigenvalue weighted by Gasteiger charge is -2.38. The van der Waals surface area contributed by atoms with Crippen LogP contribution in [0, 0.1) is 6.92 Å². The number of piperidine rings is 1. The van der Waals surface area contributed by atoms with Crippen molar-refractivity contribution in [3.63, 3.8) is 0 Å². The Balaban J connectivity index is 1.67. The number of nitrogens with zero attached hydrogens (tertiary/aromatic N) is 1. The minimum Gasteiger partial charge on any atom is -0.348 e. The highest BCUT2D eigenvalue weighted by molar-refractivity contribution is 5.79. The molecular weight excluding hydrogens is 266 g/mol. The average molecular weight is 289 g/mol. The molecule has 0 saturated carbocycles. The standard InChI is InChI=1S/C17H23NO3/c1-13-5-7-14(8-6-13)12-16(19)18-9-3-2-4-15(18)17-20-10-11-21-17/h5-8,15,17H,2-4,9-12H2,1H3/t15-/m0/s1. The number of carbonyl (C=O) groups is 1. The van der Waals surface area contributed by atoms with E-state index >= 15 is 0 Å². The number of hydrogen-bond acceptors (Lipinski definition) is 3. The lowest BCUT2D eigenvalue weighted by molar-refractivity contribution is -0.149. The van der Waals surface area contributed by atoms with Crippen molar-refractivity contribution in [2.75, 3.05) is 19.8 Å². The van der Waals surface area contributed by atoms with Gasteiger partial charge in [-0.25, -0.2) is 0 Å². The maximum atomic E-state index is 12.6. The fraction of sp³-hybridized carbons (Fsp3) is 0.588. The van der Waals surface area contributed by atoms with Crippen molar-refractivity contribution >= 4 is 5.91 Å². The van der Waals surface area contributed by atoms with Gasteiger partial charge >= 0.3 is 0 Å². The first-order chi connectivity index (χ1) is 10.2. The number of hydrogen-bond donors (Lipinski definition) is 0. The first kappa shape index (κ1) is 14.5. The molecule has 114 valence electrons. The Labute approximate surface area is 126 Å². The number of rotatable bonds is 3. The van der Waals surface area contributed by atoms with E-state index in [1.54, 1.807) is 0 Å². The molecule has 0 N–H and O–H groups in total. The molecular formula is C17H23NO3. The predicted molar refractivity (Wildman–Crippen MR) is 79.9 cm³/mol. The van der Waals surface area contributed by atoms with Crippen molar-refractivity contribution in [3.8, 4) is 0 Å². The van der Waals surface area contributed by atoms with E-state index in [-0.39, 0.29) is 18.2 Å². The van der Waals surface area contributed by atoms with Crippen LogP contribution in [0.1, 0.15) is 30.4 Å². The fourth-order valence-corrected chi connectivity index (χ4v) is 3.13. The molecule has 1 aromatic rings. The number of amides is 1. The van der Waals surface area contributed by atoms with Crippen molar-refractivity contribution in [1.29, 1.82) is 0 Å². The summed E-state index contributed by atoms with van der Waals surface area (Å²) in [6.45, 7) is 4.15. The van der Waals surface area contributed by atoms with Crippen molar-refractivity contribution in [3.05, 3.63) is 35.4 Å². The van der Waals surface area contributed by atoms with Gasteiger partial charge in [-0.15, -0.1) is 0 Å². The molecule has 0 aromatic heterocycles. The summed E-state index contributed by atoms with van der Waals surface area (Å²) in [7, 11) is 0. The average Bonchev–Trinajstić information content (AvgIpc) is 3.04. The highest BCUT2D eigenvalue weighted by Crippen LogP contribution is 2.25. The second-order valence-corrected chi connectivity index (χ2v) is 5.92. The number of likely N-dealkylation sites (tertiary alicyclic amines) is 1. The van der Waals surface area contributed by atoms with Crippen molar-refractivity contribution in [2.45, 2.75) is 44.9 Å².